The first-order chi connectivity index (χ1) is 8.56. The van der Waals surface area contributed by atoms with E-state index in [4.69, 9.17) is 17.3 Å². The lowest BCUT2D eigenvalue weighted by Crippen LogP contribution is -2.14. The molecule has 1 nitrogen and oxygen atoms in total. The van der Waals surface area contributed by atoms with E-state index in [0.29, 0.717) is 5.02 Å². The average Bonchev–Trinajstić information content (AvgIpc) is 2.35. The van der Waals surface area contributed by atoms with Gasteiger partial charge in [0.1, 0.15) is 0 Å². The van der Waals surface area contributed by atoms with E-state index < -0.39 is 0 Å². The zero-order valence-electron chi connectivity index (χ0n) is 9.54. The molecular weight excluding hydrogens is 377 g/mol. The fraction of sp³-hybridized carbons (Fsp3) is 0.143. The highest BCUT2D eigenvalue weighted by molar-refractivity contribution is 9.10. The van der Waals surface area contributed by atoms with Crippen LogP contribution in [0.3, 0.4) is 0 Å². The molecule has 0 bridgehead atoms. The van der Waals surface area contributed by atoms with Crippen LogP contribution in [0.4, 0.5) is 0 Å². The molecule has 1 unspecified atom stereocenters. The van der Waals surface area contributed by atoms with Crippen molar-refractivity contribution in [2.45, 2.75) is 12.5 Å². The molecule has 0 aromatic heterocycles. The summed E-state index contributed by atoms with van der Waals surface area (Å²) in [5.74, 6) is 0. The van der Waals surface area contributed by atoms with Gasteiger partial charge in [-0.05, 0) is 47.9 Å². The first-order valence-corrected chi connectivity index (χ1v) is 7.47. The minimum atomic E-state index is -0.0701. The van der Waals surface area contributed by atoms with Gasteiger partial charge in [0.05, 0.1) is 0 Å². The number of rotatable bonds is 3. The van der Waals surface area contributed by atoms with Crippen LogP contribution < -0.4 is 5.73 Å². The molecule has 0 amide bonds. The lowest BCUT2D eigenvalue weighted by molar-refractivity contribution is 0.718. The maximum Gasteiger partial charge on any atom is 0.0410 e. The lowest BCUT2D eigenvalue weighted by atomic mass is 10.00. The monoisotopic (exact) mass is 387 g/mol. The van der Waals surface area contributed by atoms with Crippen LogP contribution in [0.5, 0.6) is 0 Å². The summed E-state index contributed by atoms with van der Waals surface area (Å²) in [6, 6.07) is 13.8. The van der Waals surface area contributed by atoms with Crippen molar-refractivity contribution in [2.24, 2.45) is 5.73 Å². The zero-order valence-corrected chi connectivity index (χ0v) is 13.5. The van der Waals surface area contributed by atoms with Crippen molar-refractivity contribution in [1.29, 1.82) is 0 Å². The molecule has 0 radical (unpaired) electrons. The Morgan fingerprint density at radius 2 is 1.72 bits per heavy atom. The Bertz CT molecular complexity index is 540. The lowest BCUT2D eigenvalue weighted by Gasteiger charge is -2.14. The molecule has 1 atom stereocenters. The molecule has 0 aliphatic carbocycles. The molecule has 18 heavy (non-hydrogen) atoms. The van der Waals surface area contributed by atoms with Crippen LogP contribution in [0.2, 0.25) is 5.02 Å². The summed E-state index contributed by atoms with van der Waals surface area (Å²) in [5.41, 5.74) is 8.47. The van der Waals surface area contributed by atoms with Crippen molar-refractivity contribution in [3.8, 4) is 0 Å². The molecule has 0 aliphatic rings. The molecule has 0 heterocycles. The van der Waals surface area contributed by atoms with Gasteiger partial charge in [-0.15, -0.1) is 0 Å². The first kappa shape index (κ1) is 14.1. The number of hydrogen-bond donors (Lipinski definition) is 1. The average molecular weight is 390 g/mol. The number of benzene rings is 2. The van der Waals surface area contributed by atoms with Crippen molar-refractivity contribution in [3.05, 3.63) is 67.6 Å². The third-order valence-corrected chi connectivity index (χ3v) is 4.21. The third-order valence-electron chi connectivity index (χ3n) is 2.73. The molecule has 0 spiro atoms. The molecule has 0 fully saturated rings. The Morgan fingerprint density at radius 3 is 2.39 bits per heavy atom. The van der Waals surface area contributed by atoms with Gasteiger partial charge >= 0.3 is 0 Å². The van der Waals surface area contributed by atoms with Crippen LogP contribution in [0.15, 0.2) is 51.4 Å². The fourth-order valence-corrected chi connectivity index (χ4v) is 2.77. The molecule has 2 rings (SSSR count). The highest BCUT2D eigenvalue weighted by Gasteiger charge is 2.11. The van der Waals surface area contributed by atoms with Crippen molar-refractivity contribution in [1.82, 2.24) is 0 Å². The highest BCUT2D eigenvalue weighted by Crippen LogP contribution is 2.27. The summed E-state index contributed by atoms with van der Waals surface area (Å²) in [6.45, 7) is 0. The molecule has 2 aromatic rings. The topological polar surface area (TPSA) is 26.0 Å². The molecule has 0 saturated carbocycles. The van der Waals surface area contributed by atoms with Crippen molar-refractivity contribution >= 4 is 43.5 Å². The molecule has 4 heteroatoms. The van der Waals surface area contributed by atoms with Gasteiger partial charge in [-0.1, -0.05) is 55.6 Å². The summed E-state index contributed by atoms with van der Waals surface area (Å²) >= 11 is 12.9. The second-order valence-electron chi connectivity index (χ2n) is 4.10. The second kappa shape index (κ2) is 6.20. The predicted octanol–water partition coefficient (Wildman–Crippen LogP) is 5.11. The maximum absolute atomic E-state index is 6.23. The van der Waals surface area contributed by atoms with E-state index in [1.54, 1.807) is 0 Å². The highest BCUT2D eigenvalue weighted by atomic mass is 79.9. The van der Waals surface area contributed by atoms with E-state index in [-0.39, 0.29) is 6.04 Å². The molecular formula is C14H12Br2ClN. The Morgan fingerprint density at radius 1 is 1.06 bits per heavy atom. The van der Waals surface area contributed by atoms with Crippen LogP contribution in [0.1, 0.15) is 17.2 Å². The summed E-state index contributed by atoms with van der Waals surface area (Å²) < 4.78 is 2.07. The predicted molar refractivity (Wildman–Crippen MR) is 83.9 cm³/mol. The van der Waals surface area contributed by atoms with E-state index in [1.807, 2.05) is 30.3 Å². The van der Waals surface area contributed by atoms with Crippen molar-refractivity contribution in [3.63, 3.8) is 0 Å². The van der Waals surface area contributed by atoms with E-state index >= 15 is 0 Å². The summed E-state index contributed by atoms with van der Waals surface area (Å²) in [4.78, 5) is 0. The zero-order chi connectivity index (χ0) is 13.1. The number of hydrogen-bond acceptors (Lipinski definition) is 1. The SMILES string of the molecule is NC(Cc1ccc(Br)cc1)c1cc(Cl)ccc1Br. The maximum atomic E-state index is 6.23. The van der Waals surface area contributed by atoms with Crippen LogP contribution >= 0.6 is 43.5 Å². The van der Waals surface area contributed by atoms with Crippen LogP contribution in [0.25, 0.3) is 0 Å². The summed E-state index contributed by atoms with van der Waals surface area (Å²) in [6.07, 6.45) is 0.784. The van der Waals surface area contributed by atoms with E-state index in [9.17, 15) is 0 Å². The van der Waals surface area contributed by atoms with E-state index in [2.05, 4.69) is 44.0 Å². The standard InChI is InChI=1S/C14H12Br2ClN/c15-10-3-1-9(2-4-10)7-14(18)12-8-11(17)5-6-13(12)16/h1-6,8,14H,7,18H2. The van der Waals surface area contributed by atoms with E-state index in [0.717, 1.165) is 20.9 Å². The normalized spacial score (nSPS) is 12.4. The first-order valence-electron chi connectivity index (χ1n) is 5.51. The van der Waals surface area contributed by atoms with Gasteiger partial charge in [0.2, 0.25) is 0 Å². The minimum absolute atomic E-state index is 0.0701. The molecule has 0 saturated heterocycles. The Kier molecular flexibility index (Phi) is 4.84. The second-order valence-corrected chi connectivity index (χ2v) is 6.31. The van der Waals surface area contributed by atoms with Gasteiger partial charge in [-0.3, -0.25) is 0 Å². The fourth-order valence-electron chi connectivity index (χ4n) is 1.78. The third kappa shape index (κ3) is 3.58. The van der Waals surface area contributed by atoms with Gasteiger partial charge in [0, 0.05) is 20.0 Å². The molecule has 0 aliphatic heterocycles. The Hall–Kier alpha value is -0.350. The summed E-state index contributed by atoms with van der Waals surface area (Å²) in [7, 11) is 0. The van der Waals surface area contributed by atoms with Crippen LogP contribution in [0, 0.1) is 0 Å². The van der Waals surface area contributed by atoms with Crippen molar-refractivity contribution in [2.75, 3.05) is 0 Å². The number of halogens is 3. The van der Waals surface area contributed by atoms with Gasteiger partial charge in [0.15, 0.2) is 0 Å². The number of nitrogens with two attached hydrogens (primary N) is 1. The molecule has 2 N–H and O–H groups in total. The van der Waals surface area contributed by atoms with E-state index in [1.165, 1.54) is 5.56 Å². The van der Waals surface area contributed by atoms with Crippen molar-refractivity contribution < 1.29 is 0 Å². The van der Waals surface area contributed by atoms with Gasteiger partial charge < -0.3 is 5.73 Å². The summed E-state index contributed by atoms with van der Waals surface area (Å²) in [5, 5.41) is 0.708. The quantitative estimate of drug-likeness (QED) is 0.776. The molecule has 2 aromatic carbocycles. The Balaban J connectivity index is 2.18. The molecule has 94 valence electrons. The Labute approximate surface area is 129 Å². The van der Waals surface area contributed by atoms with Gasteiger partial charge in [-0.2, -0.15) is 0 Å². The smallest absolute Gasteiger partial charge is 0.0410 e. The largest absolute Gasteiger partial charge is 0.324 e. The van der Waals surface area contributed by atoms with Crippen LogP contribution in [-0.4, -0.2) is 0 Å². The van der Waals surface area contributed by atoms with Crippen LogP contribution in [-0.2, 0) is 6.42 Å². The van der Waals surface area contributed by atoms with Gasteiger partial charge in [0.25, 0.3) is 0 Å². The minimum Gasteiger partial charge on any atom is -0.324 e. The van der Waals surface area contributed by atoms with Gasteiger partial charge in [-0.25, -0.2) is 0 Å².